The molecule has 1 atom stereocenters. The second kappa shape index (κ2) is 3.28. The summed E-state index contributed by atoms with van der Waals surface area (Å²) in [4.78, 5) is 0. The summed E-state index contributed by atoms with van der Waals surface area (Å²) in [5.74, 6) is 0.660. The lowest BCUT2D eigenvalue weighted by molar-refractivity contribution is 0.368. The highest BCUT2D eigenvalue weighted by atomic mass is 32.2. The van der Waals surface area contributed by atoms with Gasteiger partial charge in [0.15, 0.2) is 0 Å². The van der Waals surface area contributed by atoms with Gasteiger partial charge in [-0.05, 0) is 23.8 Å². The van der Waals surface area contributed by atoms with Crippen molar-refractivity contribution >= 4 is 11.8 Å². The molecular formula is C12H14NS. The normalized spacial score (nSPS) is 33.1. The van der Waals surface area contributed by atoms with Crippen molar-refractivity contribution in [2.75, 3.05) is 13.1 Å². The van der Waals surface area contributed by atoms with Gasteiger partial charge in [0.05, 0.1) is 0 Å². The number of allylic oxidation sites excluding steroid dienone is 5. The molecule has 1 saturated heterocycles. The molecule has 1 radical (unpaired) electrons. The number of thioether (sulfide) groups is 1. The van der Waals surface area contributed by atoms with Crippen LogP contribution in [0.5, 0.6) is 0 Å². The Kier molecular flexibility index (Phi) is 2.06. The van der Waals surface area contributed by atoms with Crippen molar-refractivity contribution in [3.8, 4) is 0 Å². The summed E-state index contributed by atoms with van der Waals surface area (Å²) in [6, 6.07) is 0. The second-order valence-corrected chi connectivity index (χ2v) is 5.48. The molecule has 3 rings (SSSR count). The van der Waals surface area contributed by atoms with E-state index in [-0.39, 0.29) is 0 Å². The summed E-state index contributed by atoms with van der Waals surface area (Å²) in [6.45, 7) is 2.12. The summed E-state index contributed by atoms with van der Waals surface area (Å²) in [6.07, 6.45) is 11.5. The van der Waals surface area contributed by atoms with E-state index in [1.165, 1.54) is 18.4 Å². The highest BCUT2D eigenvalue weighted by Gasteiger charge is 2.44. The van der Waals surface area contributed by atoms with E-state index < -0.39 is 0 Å². The maximum atomic E-state index is 4.46. The molecule has 0 saturated carbocycles. The highest BCUT2D eigenvalue weighted by molar-refractivity contribution is 8.03. The number of nitrogens with zero attached hydrogens (tertiary/aromatic N) is 1. The van der Waals surface area contributed by atoms with Crippen LogP contribution in [0.1, 0.15) is 12.8 Å². The molecule has 0 amide bonds. The summed E-state index contributed by atoms with van der Waals surface area (Å²) in [5, 5.41) is 6.81. The Bertz CT molecular complexity index is 321. The molecule has 1 spiro atoms. The number of fused-ring (bicyclic) bond motifs is 2. The third-order valence-corrected chi connectivity index (χ3v) is 4.97. The number of hydrogen-bond donors (Lipinski definition) is 0. The maximum Gasteiger partial charge on any atom is 0.0330 e. The molecule has 1 aliphatic carbocycles. The molecule has 73 valence electrons. The van der Waals surface area contributed by atoms with E-state index in [1.807, 2.05) is 11.8 Å². The monoisotopic (exact) mass is 204 g/mol. The van der Waals surface area contributed by atoms with Crippen molar-refractivity contribution in [1.82, 2.24) is 5.32 Å². The Labute approximate surface area is 89.3 Å². The molecule has 3 aliphatic rings. The van der Waals surface area contributed by atoms with Gasteiger partial charge in [0, 0.05) is 23.8 Å². The Morgan fingerprint density at radius 2 is 2.14 bits per heavy atom. The molecule has 1 unspecified atom stereocenters. The highest BCUT2D eigenvalue weighted by Crippen LogP contribution is 2.52. The average Bonchev–Trinajstić information content (AvgIpc) is 2.60. The molecular weight excluding hydrogens is 190 g/mol. The summed E-state index contributed by atoms with van der Waals surface area (Å²) in [5.41, 5.74) is 1.51. The van der Waals surface area contributed by atoms with Gasteiger partial charge in [-0.1, -0.05) is 24.3 Å². The van der Waals surface area contributed by atoms with Crippen LogP contribution in [0.4, 0.5) is 0 Å². The van der Waals surface area contributed by atoms with Crippen LogP contribution >= 0.6 is 11.8 Å². The van der Waals surface area contributed by atoms with Crippen LogP contribution in [0.3, 0.4) is 0 Å². The molecule has 0 aromatic rings. The van der Waals surface area contributed by atoms with Crippen molar-refractivity contribution in [3.63, 3.8) is 0 Å². The molecule has 1 nitrogen and oxygen atoms in total. The van der Waals surface area contributed by atoms with Crippen LogP contribution < -0.4 is 5.32 Å². The zero-order valence-electron chi connectivity index (χ0n) is 8.15. The minimum absolute atomic E-state index is 0.457. The van der Waals surface area contributed by atoms with Gasteiger partial charge in [-0.3, -0.25) is 0 Å². The predicted molar refractivity (Wildman–Crippen MR) is 61.3 cm³/mol. The van der Waals surface area contributed by atoms with Gasteiger partial charge in [-0.25, -0.2) is 5.32 Å². The molecule has 2 heteroatoms. The zero-order chi connectivity index (χ0) is 9.43. The topological polar surface area (TPSA) is 14.1 Å². The first-order valence-electron chi connectivity index (χ1n) is 5.27. The number of piperidine rings is 1. The van der Waals surface area contributed by atoms with Crippen LogP contribution in [-0.4, -0.2) is 17.8 Å². The fourth-order valence-electron chi connectivity index (χ4n) is 2.61. The molecule has 14 heavy (non-hydrogen) atoms. The van der Waals surface area contributed by atoms with Crippen LogP contribution in [0.2, 0.25) is 0 Å². The minimum atomic E-state index is 0.457. The van der Waals surface area contributed by atoms with Crippen LogP contribution in [0, 0.1) is 5.92 Å². The molecule has 0 aromatic carbocycles. The molecule has 0 bridgehead atoms. The van der Waals surface area contributed by atoms with E-state index in [9.17, 15) is 0 Å². The second-order valence-electron chi connectivity index (χ2n) is 4.19. The predicted octanol–water partition coefficient (Wildman–Crippen LogP) is 2.50. The van der Waals surface area contributed by atoms with E-state index in [0.717, 1.165) is 13.1 Å². The van der Waals surface area contributed by atoms with Crippen LogP contribution in [-0.2, 0) is 0 Å². The van der Waals surface area contributed by atoms with E-state index in [2.05, 4.69) is 35.0 Å². The maximum absolute atomic E-state index is 4.46. The van der Waals surface area contributed by atoms with E-state index >= 15 is 0 Å². The Hall–Kier alpha value is -0.470. The van der Waals surface area contributed by atoms with Crippen molar-refractivity contribution in [2.45, 2.75) is 17.6 Å². The van der Waals surface area contributed by atoms with E-state index in [4.69, 9.17) is 0 Å². The number of hydrogen-bond acceptors (Lipinski definition) is 1. The van der Waals surface area contributed by atoms with Gasteiger partial charge in [0.2, 0.25) is 0 Å². The largest absolute Gasteiger partial charge is 0.242 e. The van der Waals surface area contributed by atoms with Crippen molar-refractivity contribution in [1.29, 1.82) is 0 Å². The number of rotatable bonds is 0. The van der Waals surface area contributed by atoms with Crippen molar-refractivity contribution < 1.29 is 0 Å². The lowest BCUT2D eigenvalue weighted by Crippen LogP contribution is -2.40. The summed E-state index contributed by atoms with van der Waals surface area (Å²) >= 11 is 2.05. The van der Waals surface area contributed by atoms with Crippen LogP contribution in [0.25, 0.3) is 0 Å². The fraction of sp³-hybridized carbons (Fsp3) is 0.500. The molecule has 2 heterocycles. The molecule has 0 N–H and O–H groups in total. The van der Waals surface area contributed by atoms with E-state index in [0.29, 0.717) is 10.7 Å². The molecule has 2 aliphatic heterocycles. The van der Waals surface area contributed by atoms with Gasteiger partial charge < -0.3 is 0 Å². The van der Waals surface area contributed by atoms with Gasteiger partial charge in [0.25, 0.3) is 0 Å². The lowest BCUT2D eigenvalue weighted by Gasteiger charge is -2.38. The zero-order valence-corrected chi connectivity index (χ0v) is 8.96. The van der Waals surface area contributed by atoms with Gasteiger partial charge in [-0.2, -0.15) is 0 Å². The quantitative estimate of drug-likeness (QED) is 0.591. The molecule has 1 fully saturated rings. The minimum Gasteiger partial charge on any atom is -0.242 e. The summed E-state index contributed by atoms with van der Waals surface area (Å²) < 4.78 is 0.457. The standard InChI is InChI=1S/C12H14NS/c1-2-4-11-10(3-1)9-14-12(11)5-7-13-8-6-12/h1-4,9,11H,5-8H2. The van der Waals surface area contributed by atoms with Crippen LogP contribution in [0.15, 0.2) is 35.3 Å². The fourth-order valence-corrected chi connectivity index (χ4v) is 3.98. The van der Waals surface area contributed by atoms with Crippen molar-refractivity contribution in [3.05, 3.63) is 35.3 Å². The van der Waals surface area contributed by atoms with Gasteiger partial charge in [0.1, 0.15) is 0 Å². The Balaban J connectivity index is 1.90. The SMILES string of the molecule is C1=CC2=CSC3(CC[N]CC3)C2C=C1. The lowest BCUT2D eigenvalue weighted by atomic mass is 9.78. The first-order valence-corrected chi connectivity index (χ1v) is 6.15. The third-order valence-electron chi connectivity index (χ3n) is 3.45. The average molecular weight is 204 g/mol. The smallest absolute Gasteiger partial charge is 0.0330 e. The first-order chi connectivity index (χ1) is 6.91. The van der Waals surface area contributed by atoms with E-state index in [1.54, 1.807) is 0 Å². The Morgan fingerprint density at radius 1 is 1.29 bits per heavy atom. The first kappa shape index (κ1) is 8.81. The van der Waals surface area contributed by atoms with Crippen molar-refractivity contribution in [2.24, 2.45) is 5.92 Å². The third kappa shape index (κ3) is 1.21. The Morgan fingerprint density at radius 3 is 3.00 bits per heavy atom. The van der Waals surface area contributed by atoms with Gasteiger partial charge in [-0.15, -0.1) is 11.8 Å². The summed E-state index contributed by atoms with van der Waals surface area (Å²) in [7, 11) is 0. The van der Waals surface area contributed by atoms with Gasteiger partial charge >= 0.3 is 0 Å². The molecule has 0 aromatic heterocycles.